The summed E-state index contributed by atoms with van der Waals surface area (Å²) in [6.45, 7) is 0. The number of nitrogens with zero attached hydrogens (tertiary/aromatic N) is 2. The van der Waals surface area contributed by atoms with Gasteiger partial charge in [0.15, 0.2) is 5.65 Å². The van der Waals surface area contributed by atoms with Crippen LogP contribution in [-0.4, -0.2) is 22.0 Å². The van der Waals surface area contributed by atoms with Crippen molar-refractivity contribution in [1.29, 1.82) is 0 Å². The van der Waals surface area contributed by atoms with Crippen LogP contribution in [0.15, 0.2) is 36.4 Å². The number of anilines is 2. The molecule has 0 atom stereocenters. The smallest absolute Gasteiger partial charge is 0.180 e. The van der Waals surface area contributed by atoms with E-state index in [1.54, 1.807) is 6.07 Å². The molecule has 0 fully saturated rings. The van der Waals surface area contributed by atoms with Gasteiger partial charge in [0.1, 0.15) is 11.6 Å². The molecule has 3 rings (SSSR count). The number of hydrogen-bond donors (Lipinski definition) is 3. The third kappa shape index (κ3) is 1.75. The summed E-state index contributed by atoms with van der Waals surface area (Å²) in [4.78, 5) is 11.8. The van der Waals surface area contributed by atoms with Crippen molar-refractivity contribution in [1.82, 2.24) is 15.0 Å². The molecule has 0 spiro atoms. The highest BCUT2D eigenvalue weighted by atomic mass is 15.0. The second-order valence-electron chi connectivity index (χ2n) is 4.02. The van der Waals surface area contributed by atoms with E-state index in [2.05, 4.69) is 20.3 Å². The number of benzene rings is 1. The number of nitrogens with one attached hydrogen (secondary N) is 2. The lowest BCUT2D eigenvalue weighted by Gasteiger charge is -2.00. The van der Waals surface area contributed by atoms with Crippen LogP contribution in [0.1, 0.15) is 0 Å². The summed E-state index contributed by atoms with van der Waals surface area (Å²) in [5.41, 5.74) is 9.25. The van der Waals surface area contributed by atoms with E-state index in [4.69, 9.17) is 5.73 Å². The molecule has 0 aliphatic heterocycles. The number of pyridine rings is 1. The number of aromatic amines is 1. The van der Waals surface area contributed by atoms with E-state index in [0.29, 0.717) is 11.5 Å². The molecule has 0 radical (unpaired) electrons. The van der Waals surface area contributed by atoms with E-state index in [1.807, 2.05) is 37.4 Å². The van der Waals surface area contributed by atoms with Crippen molar-refractivity contribution in [2.24, 2.45) is 0 Å². The van der Waals surface area contributed by atoms with Gasteiger partial charge in [0.2, 0.25) is 0 Å². The third-order valence-corrected chi connectivity index (χ3v) is 2.81. The SMILES string of the molecule is CNc1ccc(-c2nc3nc(N)ccc3[nH]2)cc1. The van der Waals surface area contributed by atoms with E-state index < -0.39 is 0 Å². The van der Waals surface area contributed by atoms with Gasteiger partial charge in [-0.05, 0) is 36.4 Å². The van der Waals surface area contributed by atoms with Crippen LogP contribution in [0.2, 0.25) is 0 Å². The van der Waals surface area contributed by atoms with E-state index in [9.17, 15) is 0 Å². The van der Waals surface area contributed by atoms with Gasteiger partial charge < -0.3 is 16.0 Å². The van der Waals surface area contributed by atoms with Gasteiger partial charge in [-0.15, -0.1) is 0 Å². The molecule has 5 nitrogen and oxygen atoms in total. The van der Waals surface area contributed by atoms with Crippen LogP contribution in [0.5, 0.6) is 0 Å². The Balaban J connectivity index is 2.07. The molecule has 0 unspecified atom stereocenters. The Morgan fingerprint density at radius 1 is 1.06 bits per heavy atom. The lowest BCUT2D eigenvalue weighted by atomic mass is 10.2. The lowest BCUT2D eigenvalue weighted by molar-refractivity contribution is 1.30. The van der Waals surface area contributed by atoms with E-state index in [1.165, 1.54) is 0 Å². The molecule has 0 aliphatic rings. The van der Waals surface area contributed by atoms with Crippen molar-refractivity contribution >= 4 is 22.7 Å². The molecular weight excluding hydrogens is 226 g/mol. The monoisotopic (exact) mass is 239 g/mol. The van der Waals surface area contributed by atoms with Crippen molar-refractivity contribution in [3.8, 4) is 11.4 Å². The summed E-state index contributed by atoms with van der Waals surface area (Å²) in [5, 5.41) is 3.08. The quantitative estimate of drug-likeness (QED) is 0.640. The predicted molar refractivity (Wildman–Crippen MR) is 73.3 cm³/mol. The number of nitrogens with two attached hydrogens (primary N) is 1. The Morgan fingerprint density at radius 3 is 2.56 bits per heavy atom. The molecule has 2 aromatic heterocycles. The van der Waals surface area contributed by atoms with Gasteiger partial charge in [0, 0.05) is 18.3 Å². The van der Waals surface area contributed by atoms with Gasteiger partial charge in [-0.1, -0.05) is 0 Å². The van der Waals surface area contributed by atoms with Gasteiger partial charge in [-0.2, -0.15) is 0 Å². The third-order valence-electron chi connectivity index (χ3n) is 2.81. The molecule has 5 heteroatoms. The predicted octanol–water partition coefficient (Wildman–Crippen LogP) is 2.25. The first-order valence-electron chi connectivity index (χ1n) is 5.67. The number of aromatic nitrogens is 3. The fourth-order valence-electron chi connectivity index (χ4n) is 1.84. The summed E-state index contributed by atoms with van der Waals surface area (Å²) in [6, 6.07) is 11.7. The molecule has 3 aromatic rings. The minimum Gasteiger partial charge on any atom is -0.388 e. The fraction of sp³-hybridized carbons (Fsp3) is 0.0769. The lowest BCUT2D eigenvalue weighted by Crippen LogP contribution is -1.88. The van der Waals surface area contributed by atoms with Crippen LogP contribution in [-0.2, 0) is 0 Å². The second-order valence-corrected chi connectivity index (χ2v) is 4.02. The Bertz CT molecular complexity index is 684. The zero-order chi connectivity index (χ0) is 12.5. The zero-order valence-electron chi connectivity index (χ0n) is 9.94. The Kier molecular flexibility index (Phi) is 2.37. The van der Waals surface area contributed by atoms with Gasteiger partial charge in [0.05, 0.1) is 5.52 Å². The second kappa shape index (κ2) is 4.03. The summed E-state index contributed by atoms with van der Waals surface area (Å²) in [6.07, 6.45) is 0. The van der Waals surface area contributed by atoms with Crippen molar-refractivity contribution in [3.63, 3.8) is 0 Å². The molecular formula is C13H13N5. The van der Waals surface area contributed by atoms with E-state index in [-0.39, 0.29) is 0 Å². The standard InChI is InChI=1S/C13H13N5/c1-15-9-4-2-8(3-5-9)12-16-10-6-7-11(14)17-13(10)18-12/h2-7,15H,1H3,(H3,14,16,17,18). The first-order valence-corrected chi connectivity index (χ1v) is 5.67. The number of fused-ring (bicyclic) bond motifs is 1. The highest BCUT2D eigenvalue weighted by molar-refractivity contribution is 5.77. The molecule has 4 N–H and O–H groups in total. The maximum Gasteiger partial charge on any atom is 0.180 e. The van der Waals surface area contributed by atoms with Crippen LogP contribution < -0.4 is 11.1 Å². The maximum absolute atomic E-state index is 5.64. The van der Waals surface area contributed by atoms with E-state index in [0.717, 1.165) is 22.6 Å². The minimum atomic E-state index is 0.478. The molecule has 0 saturated carbocycles. The Hall–Kier alpha value is -2.56. The highest BCUT2D eigenvalue weighted by Gasteiger charge is 2.06. The summed E-state index contributed by atoms with van der Waals surface area (Å²) in [5.74, 6) is 1.27. The normalized spacial score (nSPS) is 10.7. The largest absolute Gasteiger partial charge is 0.388 e. The van der Waals surface area contributed by atoms with Crippen molar-refractivity contribution in [3.05, 3.63) is 36.4 Å². The Labute approximate surface area is 104 Å². The van der Waals surface area contributed by atoms with Crippen LogP contribution >= 0.6 is 0 Å². The minimum absolute atomic E-state index is 0.478. The van der Waals surface area contributed by atoms with Crippen LogP contribution in [0.25, 0.3) is 22.6 Å². The molecule has 90 valence electrons. The first-order chi connectivity index (χ1) is 8.76. The zero-order valence-corrected chi connectivity index (χ0v) is 9.94. The van der Waals surface area contributed by atoms with Crippen LogP contribution in [0.3, 0.4) is 0 Å². The number of H-pyrrole nitrogens is 1. The Morgan fingerprint density at radius 2 is 1.83 bits per heavy atom. The molecule has 1 aromatic carbocycles. The molecule has 0 saturated heterocycles. The van der Waals surface area contributed by atoms with Crippen molar-refractivity contribution < 1.29 is 0 Å². The average molecular weight is 239 g/mol. The van der Waals surface area contributed by atoms with Gasteiger partial charge >= 0.3 is 0 Å². The topological polar surface area (TPSA) is 79.6 Å². The summed E-state index contributed by atoms with van der Waals surface area (Å²) in [7, 11) is 1.89. The highest BCUT2D eigenvalue weighted by Crippen LogP contribution is 2.21. The molecule has 0 amide bonds. The molecule has 18 heavy (non-hydrogen) atoms. The number of nitrogen functional groups attached to an aromatic ring is 1. The number of hydrogen-bond acceptors (Lipinski definition) is 4. The fourth-order valence-corrected chi connectivity index (χ4v) is 1.84. The molecule has 2 heterocycles. The summed E-state index contributed by atoms with van der Waals surface area (Å²) < 4.78 is 0. The van der Waals surface area contributed by atoms with Crippen molar-refractivity contribution in [2.45, 2.75) is 0 Å². The van der Waals surface area contributed by atoms with Gasteiger partial charge in [-0.3, -0.25) is 0 Å². The first kappa shape index (κ1) is 10.6. The van der Waals surface area contributed by atoms with E-state index >= 15 is 0 Å². The number of imidazole rings is 1. The van der Waals surface area contributed by atoms with Gasteiger partial charge in [-0.25, -0.2) is 9.97 Å². The van der Waals surface area contributed by atoms with Crippen LogP contribution in [0, 0.1) is 0 Å². The number of rotatable bonds is 2. The van der Waals surface area contributed by atoms with Crippen LogP contribution in [0.4, 0.5) is 11.5 Å². The average Bonchev–Trinajstić information content (AvgIpc) is 2.81. The maximum atomic E-state index is 5.64. The molecule has 0 bridgehead atoms. The molecule has 0 aliphatic carbocycles. The van der Waals surface area contributed by atoms with Crippen molar-refractivity contribution in [2.75, 3.05) is 18.1 Å². The summed E-state index contributed by atoms with van der Waals surface area (Å²) >= 11 is 0. The van der Waals surface area contributed by atoms with Gasteiger partial charge in [0.25, 0.3) is 0 Å².